The first-order chi connectivity index (χ1) is 11.2. The summed E-state index contributed by atoms with van der Waals surface area (Å²) in [7, 11) is 3.60. The monoisotopic (exact) mass is 315 g/mol. The third kappa shape index (κ3) is 3.64. The van der Waals surface area contributed by atoms with Crippen molar-refractivity contribution in [2.45, 2.75) is 19.9 Å². The number of imidazole rings is 1. The molecule has 23 heavy (non-hydrogen) atoms. The lowest BCUT2D eigenvalue weighted by molar-refractivity contribution is 0.157. The first-order valence-electron chi connectivity index (χ1n) is 8.08. The van der Waals surface area contributed by atoms with Crippen molar-refractivity contribution >= 4 is 11.6 Å². The van der Waals surface area contributed by atoms with Gasteiger partial charge in [0.05, 0.1) is 18.8 Å². The summed E-state index contributed by atoms with van der Waals surface area (Å²) in [5.74, 6) is 1.54. The summed E-state index contributed by atoms with van der Waals surface area (Å²) in [6, 6.07) is 4.18. The van der Waals surface area contributed by atoms with Crippen molar-refractivity contribution in [1.29, 1.82) is 0 Å². The summed E-state index contributed by atoms with van der Waals surface area (Å²) in [6.07, 6.45) is 5.26. The van der Waals surface area contributed by atoms with E-state index in [1.54, 1.807) is 7.11 Å². The van der Waals surface area contributed by atoms with E-state index >= 15 is 0 Å². The van der Waals surface area contributed by atoms with Crippen molar-refractivity contribution in [2.75, 3.05) is 33.9 Å². The van der Waals surface area contributed by atoms with Gasteiger partial charge in [-0.3, -0.25) is 4.99 Å². The average molecular weight is 315 g/mol. The molecule has 0 spiro atoms. The number of fused-ring (bicyclic) bond motifs is 1. The van der Waals surface area contributed by atoms with Gasteiger partial charge in [0, 0.05) is 45.6 Å². The first-order valence-corrected chi connectivity index (χ1v) is 8.08. The lowest BCUT2D eigenvalue weighted by Crippen LogP contribution is -2.39. The topological polar surface area (TPSA) is 54.2 Å². The Morgan fingerprint density at radius 3 is 3.17 bits per heavy atom. The zero-order chi connectivity index (χ0) is 16.2. The predicted molar refractivity (Wildman–Crippen MR) is 91.7 cm³/mol. The maximum atomic E-state index is 5.26. The summed E-state index contributed by atoms with van der Waals surface area (Å²) in [4.78, 5) is 11.4. The number of aryl methyl sites for hydroxylation is 1. The second kappa shape index (κ2) is 7.00. The molecule has 0 radical (unpaired) electrons. The highest BCUT2D eigenvalue weighted by Crippen LogP contribution is 2.16. The van der Waals surface area contributed by atoms with Crippen molar-refractivity contribution in [3.8, 4) is 0 Å². The normalized spacial score (nSPS) is 18.8. The number of hydrogen-bond donors (Lipinski definition) is 1. The summed E-state index contributed by atoms with van der Waals surface area (Å²) < 4.78 is 7.31. The van der Waals surface area contributed by atoms with Crippen molar-refractivity contribution in [3.63, 3.8) is 0 Å². The zero-order valence-corrected chi connectivity index (χ0v) is 14.1. The third-order valence-electron chi connectivity index (χ3n) is 4.29. The number of pyridine rings is 1. The molecule has 0 aliphatic carbocycles. The number of nitrogens with one attached hydrogen (secondary N) is 1. The molecule has 3 rings (SSSR count). The van der Waals surface area contributed by atoms with E-state index in [1.165, 1.54) is 5.56 Å². The van der Waals surface area contributed by atoms with Gasteiger partial charge in [-0.1, -0.05) is 0 Å². The number of likely N-dealkylation sites (tertiary alicyclic amines) is 1. The lowest BCUT2D eigenvalue weighted by Gasteiger charge is -2.21. The summed E-state index contributed by atoms with van der Waals surface area (Å²) >= 11 is 0. The van der Waals surface area contributed by atoms with Gasteiger partial charge in [0.2, 0.25) is 0 Å². The second-order valence-electron chi connectivity index (χ2n) is 6.16. The Bertz CT molecular complexity index is 693. The Hall–Kier alpha value is -2.08. The lowest BCUT2D eigenvalue weighted by atomic mass is 10.1. The molecule has 0 amide bonds. The molecule has 0 bridgehead atoms. The van der Waals surface area contributed by atoms with Gasteiger partial charge in [0.15, 0.2) is 5.96 Å². The van der Waals surface area contributed by atoms with Gasteiger partial charge in [-0.15, -0.1) is 0 Å². The smallest absolute Gasteiger partial charge is 0.193 e. The second-order valence-corrected chi connectivity index (χ2v) is 6.16. The van der Waals surface area contributed by atoms with Crippen LogP contribution in [0.15, 0.2) is 29.5 Å². The largest absolute Gasteiger partial charge is 0.384 e. The van der Waals surface area contributed by atoms with E-state index in [1.807, 2.05) is 13.2 Å². The Morgan fingerprint density at radius 2 is 2.39 bits per heavy atom. The van der Waals surface area contributed by atoms with E-state index in [0.29, 0.717) is 12.5 Å². The highest BCUT2D eigenvalue weighted by molar-refractivity contribution is 5.80. The molecule has 6 heteroatoms. The fourth-order valence-corrected chi connectivity index (χ4v) is 3.12. The molecule has 6 nitrogen and oxygen atoms in total. The van der Waals surface area contributed by atoms with Crippen molar-refractivity contribution in [1.82, 2.24) is 19.6 Å². The highest BCUT2D eigenvalue weighted by atomic mass is 16.5. The number of ether oxygens (including phenoxy) is 1. The van der Waals surface area contributed by atoms with E-state index in [2.05, 4.69) is 49.8 Å². The van der Waals surface area contributed by atoms with E-state index in [-0.39, 0.29) is 0 Å². The molecule has 1 aliphatic rings. The van der Waals surface area contributed by atoms with Gasteiger partial charge >= 0.3 is 0 Å². The highest BCUT2D eigenvalue weighted by Gasteiger charge is 2.24. The molecule has 0 aromatic carbocycles. The third-order valence-corrected chi connectivity index (χ3v) is 4.29. The quantitative estimate of drug-likeness (QED) is 0.689. The van der Waals surface area contributed by atoms with Crippen molar-refractivity contribution in [3.05, 3.63) is 35.8 Å². The van der Waals surface area contributed by atoms with Gasteiger partial charge in [-0.25, -0.2) is 4.98 Å². The van der Waals surface area contributed by atoms with Crippen LogP contribution in [0.5, 0.6) is 0 Å². The molecular formula is C17H25N5O. The predicted octanol–water partition coefficient (Wildman–Crippen LogP) is 1.69. The molecular weight excluding hydrogens is 290 g/mol. The van der Waals surface area contributed by atoms with Gasteiger partial charge < -0.3 is 19.4 Å². The van der Waals surface area contributed by atoms with Gasteiger partial charge in [-0.05, 0) is 31.0 Å². The molecule has 1 N–H and O–H groups in total. The SMILES string of the molecule is CN=C(NCc1cn2ccc(C)cc2n1)N1CCC(COC)C1. The Morgan fingerprint density at radius 1 is 1.52 bits per heavy atom. The number of methoxy groups -OCH3 is 1. The molecule has 3 heterocycles. The number of hydrogen-bond acceptors (Lipinski definition) is 3. The van der Waals surface area contributed by atoms with Crippen LogP contribution in [0.3, 0.4) is 0 Å². The maximum absolute atomic E-state index is 5.26. The number of guanidine groups is 1. The minimum absolute atomic E-state index is 0.594. The van der Waals surface area contributed by atoms with Crippen LogP contribution in [-0.2, 0) is 11.3 Å². The fraction of sp³-hybridized carbons (Fsp3) is 0.529. The average Bonchev–Trinajstić information content (AvgIpc) is 3.15. The molecule has 0 saturated carbocycles. The van der Waals surface area contributed by atoms with E-state index in [4.69, 9.17) is 4.74 Å². The minimum Gasteiger partial charge on any atom is -0.384 e. The fourth-order valence-electron chi connectivity index (χ4n) is 3.12. The number of aromatic nitrogens is 2. The molecule has 1 aliphatic heterocycles. The molecule has 1 unspecified atom stereocenters. The number of aliphatic imine (C=N–C) groups is 1. The Labute approximate surface area is 137 Å². The molecule has 2 aromatic heterocycles. The minimum atomic E-state index is 0.594. The standard InChI is InChI=1S/C17H25N5O/c1-13-4-6-21-11-15(20-16(21)8-13)9-19-17(18-2)22-7-5-14(10-22)12-23-3/h4,6,8,11,14H,5,7,9-10,12H2,1-3H3,(H,18,19). The molecule has 1 atom stereocenters. The molecule has 1 fully saturated rings. The summed E-state index contributed by atoms with van der Waals surface area (Å²) in [6.45, 7) is 5.60. The Balaban J connectivity index is 1.61. The van der Waals surface area contributed by atoms with Crippen molar-refractivity contribution < 1.29 is 4.74 Å². The summed E-state index contributed by atoms with van der Waals surface area (Å²) in [5, 5.41) is 3.43. The first kappa shape index (κ1) is 15.8. The molecule has 1 saturated heterocycles. The van der Waals surface area contributed by atoms with Gasteiger partial charge in [-0.2, -0.15) is 0 Å². The van der Waals surface area contributed by atoms with E-state index in [0.717, 1.165) is 43.4 Å². The molecule has 124 valence electrons. The van der Waals surface area contributed by atoms with Crippen LogP contribution in [-0.4, -0.2) is 54.1 Å². The Kier molecular flexibility index (Phi) is 4.81. The van der Waals surface area contributed by atoms with Crippen LogP contribution in [0.25, 0.3) is 5.65 Å². The van der Waals surface area contributed by atoms with Crippen LogP contribution >= 0.6 is 0 Å². The van der Waals surface area contributed by atoms with Crippen LogP contribution in [0.4, 0.5) is 0 Å². The van der Waals surface area contributed by atoms with Crippen LogP contribution in [0.2, 0.25) is 0 Å². The number of nitrogens with zero attached hydrogens (tertiary/aromatic N) is 4. The van der Waals surface area contributed by atoms with Gasteiger partial charge in [0.25, 0.3) is 0 Å². The molecule has 2 aromatic rings. The number of rotatable bonds is 4. The van der Waals surface area contributed by atoms with Crippen LogP contribution < -0.4 is 5.32 Å². The van der Waals surface area contributed by atoms with Crippen LogP contribution in [0.1, 0.15) is 17.7 Å². The van der Waals surface area contributed by atoms with E-state index < -0.39 is 0 Å². The van der Waals surface area contributed by atoms with Gasteiger partial charge in [0.1, 0.15) is 5.65 Å². The summed E-state index contributed by atoms with van der Waals surface area (Å²) in [5.41, 5.74) is 3.22. The van der Waals surface area contributed by atoms with E-state index in [9.17, 15) is 0 Å². The van der Waals surface area contributed by atoms with Crippen LogP contribution in [0, 0.1) is 12.8 Å². The zero-order valence-electron chi connectivity index (χ0n) is 14.1. The maximum Gasteiger partial charge on any atom is 0.193 e. The van der Waals surface area contributed by atoms with Crippen molar-refractivity contribution in [2.24, 2.45) is 10.9 Å².